The van der Waals surface area contributed by atoms with E-state index in [9.17, 15) is 4.79 Å². The second-order valence-corrected chi connectivity index (χ2v) is 6.73. The Labute approximate surface area is 139 Å². The monoisotopic (exact) mass is 316 g/mol. The molecule has 2 N–H and O–H groups in total. The molecule has 0 bridgehead atoms. The normalized spacial score (nSPS) is 29.0. The third kappa shape index (κ3) is 3.43. The number of hydrogen-bond donors (Lipinski definition) is 1. The summed E-state index contributed by atoms with van der Waals surface area (Å²) in [6, 6.07) is 10.9. The third-order valence-electron chi connectivity index (χ3n) is 5.36. The molecule has 0 aromatic heterocycles. The number of nitrogens with zero attached hydrogens (tertiary/aromatic N) is 1. The zero-order valence-corrected chi connectivity index (χ0v) is 14.0. The van der Waals surface area contributed by atoms with E-state index in [1.165, 1.54) is 5.56 Å². The van der Waals surface area contributed by atoms with E-state index in [1.807, 2.05) is 6.07 Å². The highest BCUT2D eigenvalue weighted by Crippen LogP contribution is 2.35. The number of ether oxygens (including phenoxy) is 1. The first kappa shape index (κ1) is 16.5. The van der Waals surface area contributed by atoms with Crippen LogP contribution in [0.25, 0.3) is 0 Å². The first-order valence-corrected chi connectivity index (χ1v) is 8.95. The molecule has 4 heteroatoms. The van der Waals surface area contributed by atoms with Gasteiger partial charge in [-0.2, -0.15) is 0 Å². The van der Waals surface area contributed by atoms with Crippen LogP contribution >= 0.6 is 0 Å². The Balaban J connectivity index is 1.73. The SMILES string of the molecule is CCC(c1ccccc1)C1CCCN1C(=O)[C@@H]1CC[C@H](CN)O1. The summed E-state index contributed by atoms with van der Waals surface area (Å²) in [6.07, 6.45) is 4.72. The van der Waals surface area contributed by atoms with Crippen LogP contribution in [-0.2, 0) is 9.53 Å². The highest BCUT2D eigenvalue weighted by atomic mass is 16.5. The molecule has 1 amide bonds. The molecular formula is C19H28N2O2. The second-order valence-electron chi connectivity index (χ2n) is 6.73. The van der Waals surface area contributed by atoms with Gasteiger partial charge in [0.1, 0.15) is 6.10 Å². The van der Waals surface area contributed by atoms with Gasteiger partial charge < -0.3 is 15.4 Å². The van der Waals surface area contributed by atoms with Crippen LogP contribution in [0, 0.1) is 0 Å². The Morgan fingerprint density at radius 3 is 2.74 bits per heavy atom. The van der Waals surface area contributed by atoms with E-state index in [-0.39, 0.29) is 18.1 Å². The number of hydrogen-bond acceptors (Lipinski definition) is 3. The van der Waals surface area contributed by atoms with Crippen LogP contribution in [0.2, 0.25) is 0 Å². The predicted octanol–water partition coefficient (Wildman–Crippen LogP) is 2.68. The highest BCUT2D eigenvalue weighted by Gasteiger charge is 2.40. The fourth-order valence-corrected chi connectivity index (χ4v) is 4.16. The van der Waals surface area contributed by atoms with Crippen LogP contribution in [-0.4, -0.2) is 42.1 Å². The Hall–Kier alpha value is -1.39. The molecule has 0 radical (unpaired) electrons. The summed E-state index contributed by atoms with van der Waals surface area (Å²) in [6.45, 7) is 3.59. The third-order valence-corrected chi connectivity index (χ3v) is 5.36. The van der Waals surface area contributed by atoms with Gasteiger partial charge in [0.25, 0.3) is 5.91 Å². The van der Waals surface area contributed by atoms with Crippen molar-refractivity contribution in [1.29, 1.82) is 0 Å². The lowest BCUT2D eigenvalue weighted by atomic mass is 9.87. The van der Waals surface area contributed by atoms with Gasteiger partial charge in [0.15, 0.2) is 0 Å². The number of carbonyl (C=O) groups excluding carboxylic acids is 1. The van der Waals surface area contributed by atoms with Crippen LogP contribution in [0.4, 0.5) is 0 Å². The van der Waals surface area contributed by atoms with Gasteiger partial charge in [-0.05, 0) is 37.7 Å². The van der Waals surface area contributed by atoms with Gasteiger partial charge >= 0.3 is 0 Å². The van der Waals surface area contributed by atoms with Crippen LogP contribution in [0.15, 0.2) is 30.3 Å². The molecule has 126 valence electrons. The van der Waals surface area contributed by atoms with Gasteiger partial charge in [0.05, 0.1) is 6.10 Å². The lowest BCUT2D eigenvalue weighted by Gasteiger charge is -2.33. The zero-order chi connectivity index (χ0) is 16.2. The summed E-state index contributed by atoms with van der Waals surface area (Å²) < 4.78 is 5.84. The maximum atomic E-state index is 12.9. The minimum Gasteiger partial charge on any atom is -0.364 e. The van der Waals surface area contributed by atoms with Gasteiger partial charge in [-0.1, -0.05) is 37.3 Å². The fourth-order valence-electron chi connectivity index (χ4n) is 4.16. The first-order chi connectivity index (χ1) is 11.2. The molecule has 2 saturated heterocycles. The highest BCUT2D eigenvalue weighted by molar-refractivity contribution is 5.82. The standard InChI is InChI=1S/C19H28N2O2/c1-2-16(14-7-4-3-5-8-14)17-9-6-12-21(17)19(22)18-11-10-15(13-20)23-18/h3-5,7-8,15-18H,2,6,9-13,20H2,1H3/t15-,16?,17?,18+/m1/s1. The molecule has 2 aliphatic rings. The average molecular weight is 316 g/mol. The van der Waals surface area contributed by atoms with Crippen molar-refractivity contribution in [3.05, 3.63) is 35.9 Å². The van der Waals surface area contributed by atoms with Crippen LogP contribution in [0.5, 0.6) is 0 Å². The molecule has 1 aromatic rings. The minimum absolute atomic E-state index is 0.0566. The van der Waals surface area contributed by atoms with E-state index in [4.69, 9.17) is 10.5 Å². The predicted molar refractivity (Wildman–Crippen MR) is 91.2 cm³/mol. The van der Waals surface area contributed by atoms with Gasteiger partial charge in [0.2, 0.25) is 0 Å². The number of nitrogens with two attached hydrogens (primary N) is 1. The zero-order valence-electron chi connectivity index (χ0n) is 14.0. The fraction of sp³-hybridized carbons (Fsp3) is 0.632. The Morgan fingerprint density at radius 1 is 1.30 bits per heavy atom. The van der Waals surface area contributed by atoms with Crippen molar-refractivity contribution >= 4 is 5.91 Å². The molecule has 2 fully saturated rings. The van der Waals surface area contributed by atoms with Crippen molar-refractivity contribution < 1.29 is 9.53 Å². The molecule has 2 unspecified atom stereocenters. The molecule has 0 spiro atoms. The Bertz CT molecular complexity index is 519. The van der Waals surface area contributed by atoms with Crippen molar-refractivity contribution in [2.24, 2.45) is 5.73 Å². The average Bonchev–Trinajstić information content (AvgIpc) is 3.25. The quantitative estimate of drug-likeness (QED) is 0.908. The molecule has 0 saturated carbocycles. The largest absolute Gasteiger partial charge is 0.364 e. The minimum atomic E-state index is -0.280. The number of likely N-dealkylation sites (tertiary alicyclic amines) is 1. The molecular weight excluding hydrogens is 288 g/mol. The van der Waals surface area contributed by atoms with Crippen LogP contribution in [0.1, 0.15) is 50.5 Å². The second kappa shape index (κ2) is 7.45. The molecule has 23 heavy (non-hydrogen) atoms. The molecule has 4 nitrogen and oxygen atoms in total. The lowest BCUT2D eigenvalue weighted by molar-refractivity contribution is -0.144. The Kier molecular flexibility index (Phi) is 5.34. The smallest absolute Gasteiger partial charge is 0.251 e. The maximum Gasteiger partial charge on any atom is 0.251 e. The van der Waals surface area contributed by atoms with E-state index in [1.54, 1.807) is 0 Å². The summed E-state index contributed by atoms with van der Waals surface area (Å²) >= 11 is 0. The van der Waals surface area contributed by atoms with Crippen molar-refractivity contribution in [3.63, 3.8) is 0 Å². The molecule has 3 rings (SSSR count). The number of carbonyl (C=O) groups is 1. The molecule has 1 aromatic carbocycles. The maximum absolute atomic E-state index is 12.9. The van der Waals surface area contributed by atoms with Crippen molar-refractivity contribution in [3.8, 4) is 0 Å². The van der Waals surface area contributed by atoms with Crippen molar-refractivity contribution in [2.75, 3.05) is 13.1 Å². The summed E-state index contributed by atoms with van der Waals surface area (Å²) in [5.41, 5.74) is 7.01. The van der Waals surface area contributed by atoms with E-state index in [0.717, 1.165) is 38.6 Å². The van der Waals surface area contributed by atoms with Crippen LogP contribution < -0.4 is 5.73 Å². The van der Waals surface area contributed by atoms with Crippen LogP contribution in [0.3, 0.4) is 0 Å². The topological polar surface area (TPSA) is 55.6 Å². The summed E-state index contributed by atoms with van der Waals surface area (Å²) in [4.78, 5) is 15.0. The molecule has 2 aliphatic heterocycles. The molecule has 0 aliphatic carbocycles. The number of amides is 1. The number of rotatable bonds is 5. The first-order valence-electron chi connectivity index (χ1n) is 8.95. The van der Waals surface area contributed by atoms with Crippen molar-refractivity contribution in [1.82, 2.24) is 4.90 Å². The van der Waals surface area contributed by atoms with Gasteiger partial charge in [-0.25, -0.2) is 0 Å². The van der Waals surface area contributed by atoms with Gasteiger partial charge in [0, 0.05) is 25.0 Å². The lowest BCUT2D eigenvalue weighted by Crippen LogP contribution is -2.44. The van der Waals surface area contributed by atoms with Gasteiger partial charge in [-0.15, -0.1) is 0 Å². The van der Waals surface area contributed by atoms with E-state index < -0.39 is 0 Å². The summed E-state index contributed by atoms with van der Waals surface area (Å²) in [5, 5.41) is 0. The van der Waals surface area contributed by atoms with Gasteiger partial charge in [-0.3, -0.25) is 4.79 Å². The molecule has 2 heterocycles. The van der Waals surface area contributed by atoms with E-state index >= 15 is 0 Å². The summed E-state index contributed by atoms with van der Waals surface area (Å²) in [7, 11) is 0. The molecule has 4 atom stereocenters. The van der Waals surface area contributed by atoms with E-state index in [2.05, 4.69) is 36.1 Å². The summed E-state index contributed by atoms with van der Waals surface area (Å²) in [5.74, 6) is 0.590. The van der Waals surface area contributed by atoms with E-state index in [0.29, 0.717) is 18.5 Å². The van der Waals surface area contributed by atoms with Crippen molar-refractivity contribution in [2.45, 2.75) is 63.2 Å². The Morgan fingerprint density at radius 2 is 2.09 bits per heavy atom. The number of benzene rings is 1.